The van der Waals surface area contributed by atoms with E-state index in [0.29, 0.717) is 5.92 Å². The van der Waals surface area contributed by atoms with Crippen molar-refractivity contribution < 1.29 is 14.8 Å². The molecule has 1 aromatic rings. The quantitative estimate of drug-likeness (QED) is 0.810. The van der Waals surface area contributed by atoms with Crippen molar-refractivity contribution in [3.8, 4) is 0 Å². The van der Waals surface area contributed by atoms with Crippen molar-refractivity contribution in [2.75, 3.05) is 0 Å². The molecule has 1 saturated carbocycles. The fourth-order valence-electron chi connectivity index (χ4n) is 3.32. The highest BCUT2D eigenvalue weighted by Gasteiger charge is 2.43. The lowest BCUT2D eigenvalue weighted by Crippen LogP contribution is -2.60. The maximum atomic E-state index is 11.9. The minimum atomic E-state index is -0.698. The van der Waals surface area contributed by atoms with Crippen LogP contribution in [-0.4, -0.2) is 28.3 Å². The molecule has 0 aromatic heterocycles. The molecule has 2 N–H and O–H groups in total. The number of rotatable bonds is 2. The van der Waals surface area contributed by atoms with Crippen LogP contribution < -0.4 is 5.32 Å². The van der Waals surface area contributed by atoms with E-state index in [1.807, 2.05) is 18.2 Å². The number of carbonyl (C=O) groups is 2. The molecule has 1 aromatic carbocycles. The number of hydrogen-bond acceptors (Lipinski definition) is 3. The minimum absolute atomic E-state index is 0.138. The predicted molar refractivity (Wildman–Crippen MR) is 71.9 cm³/mol. The van der Waals surface area contributed by atoms with Gasteiger partial charge in [-0.3, -0.25) is 10.0 Å². The summed E-state index contributed by atoms with van der Waals surface area (Å²) in [5, 5.41) is 12.3. The Labute approximate surface area is 117 Å². The molecule has 1 heterocycles. The smallest absolute Gasteiger partial charge is 0.332 e. The fraction of sp³-hybridized carbons (Fsp3) is 0.467. The molecule has 3 amide bonds. The number of amides is 3. The van der Waals surface area contributed by atoms with Gasteiger partial charge in [0.1, 0.15) is 0 Å². The van der Waals surface area contributed by atoms with Gasteiger partial charge in [0.25, 0.3) is 5.91 Å². The van der Waals surface area contributed by atoms with Gasteiger partial charge >= 0.3 is 6.03 Å². The van der Waals surface area contributed by atoms with Gasteiger partial charge in [-0.2, -0.15) is 0 Å². The maximum Gasteiger partial charge on any atom is 0.348 e. The summed E-state index contributed by atoms with van der Waals surface area (Å²) in [6.07, 6.45) is 3.44. The molecule has 1 saturated heterocycles. The Kier molecular flexibility index (Phi) is 3.44. The lowest BCUT2D eigenvalue weighted by molar-refractivity contribution is -0.164. The Morgan fingerprint density at radius 1 is 1.20 bits per heavy atom. The normalized spacial score (nSPS) is 29.9. The Morgan fingerprint density at radius 2 is 1.95 bits per heavy atom. The molecular weight excluding hydrogens is 256 g/mol. The summed E-state index contributed by atoms with van der Waals surface area (Å²) in [5.41, 5.74) is 1.29. The number of nitrogens with one attached hydrogen (secondary N) is 1. The Morgan fingerprint density at radius 3 is 2.70 bits per heavy atom. The van der Waals surface area contributed by atoms with Crippen molar-refractivity contribution in [1.29, 1.82) is 0 Å². The zero-order valence-corrected chi connectivity index (χ0v) is 11.2. The Bertz CT molecular complexity index is 517. The average Bonchev–Trinajstić information content (AvgIpc) is 2.46. The summed E-state index contributed by atoms with van der Waals surface area (Å²) in [6, 6.07) is 9.42. The number of nitrogens with zero attached hydrogens (tertiary/aromatic N) is 1. The summed E-state index contributed by atoms with van der Waals surface area (Å²) >= 11 is 0. The van der Waals surface area contributed by atoms with Crippen LogP contribution in [0.25, 0.3) is 0 Å². The molecule has 106 valence electrons. The lowest BCUT2D eigenvalue weighted by atomic mass is 9.75. The number of hydrogen-bond donors (Lipinski definition) is 2. The molecule has 20 heavy (non-hydrogen) atoms. The predicted octanol–water partition coefficient (Wildman–Crippen LogP) is 1.96. The zero-order valence-electron chi connectivity index (χ0n) is 11.2. The van der Waals surface area contributed by atoms with Crippen LogP contribution in [0.4, 0.5) is 4.79 Å². The second-order valence-electron chi connectivity index (χ2n) is 5.68. The number of hydroxylamine groups is 2. The molecule has 0 radical (unpaired) electrons. The van der Waals surface area contributed by atoms with E-state index in [4.69, 9.17) is 0 Å². The minimum Gasteiger partial charge on any atom is -0.332 e. The molecule has 3 atom stereocenters. The number of imide groups is 1. The third-order valence-electron chi connectivity index (χ3n) is 4.35. The topological polar surface area (TPSA) is 69.6 Å². The maximum absolute atomic E-state index is 11.9. The van der Waals surface area contributed by atoms with Crippen LogP contribution in [0.3, 0.4) is 0 Å². The van der Waals surface area contributed by atoms with Gasteiger partial charge in [0.15, 0.2) is 0 Å². The summed E-state index contributed by atoms with van der Waals surface area (Å²) in [4.78, 5) is 23.3. The highest BCUT2D eigenvalue weighted by molar-refractivity contribution is 5.97. The van der Waals surface area contributed by atoms with E-state index < -0.39 is 11.9 Å². The Hall–Kier alpha value is -1.88. The first kappa shape index (κ1) is 13.1. The van der Waals surface area contributed by atoms with Gasteiger partial charge in [-0.25, -0.2) is 4.79 Å². The van der Waals surface area contributed by atoms with E-state index in [1.165, 1.54) is 5.56 Å². The van der Waals surface area contributed by atoms with E-state index in [0.717, 1.165) is 25.7 Å². The second kappa shape index (κ2) is 5.25. The largest absolute Gasteiger partial charge is 0.348 e. The van der Waals surface area contributed by atoms with Crippen LogP contribution in [0.2, 0.25) is 0 Å². The van der Waals surface area contributed by atoms with E-state index in [-0.39, 0.29) is 17.0 Å². The van der Waals surface area contributed by atoms with Crippen molar-refractivity contribution in [3.63, 3.8) is 0 Å². The zero-order chi connectivity index (χ0) is 14.1. The van der Waals surface area contributed by atoms with Crippen LogP contribution in [0.5, 0.6) is 0 Å². The van der Waals surface area contributed by atoms with Crippen LogP contribution in [0, 0.1) is 11.8 Å². The highest BCUT2D eigenvalue weighted by Crippen LogP contribution is 2.34. The molecule has 3 unspecified atom stereocenters. The average molecular weight is 274 g/mol. The van der Waals surface area contributed by atoms with Crippen molar-refractivity contribution >= 4 is 11.9 Å². The van der Waals surface area contributed by atoms with Crippen molar-refractivity contribution in [3.05, 3.63) is 35.9 Å². The van der Waals surface area contributed by atoms with Crippen LogP contribution in [0.15, 0.2) is 30.3 Å². The SMILES string of the molecule is O=C1NC2CC(Cc3ccccc3)CCC2C(=O)N1O. The first-order valence-electron chi connectivity index (χ1n) is 7.02. The standard InChI is InChI=1S/C15H18N2O3/c18-14-12-7-6-11(8-10-4-2-1-3-5-10)9-13(12)16-15(19)17(14)20/h1-5,11-13,20H,6-9H2,(H,16,19). The molecule has 5 nitrogen and oxygen atoms in total. The summed E-state index contributed by atoms with van der Waals surface area (Å²) in [5.74, 6) is -0.265. The summed E-state index contributed by atoms with van der Waals surface area (Å²) < 4.78 is 0. The Balaban J connectivity index is 1.66. The number of fused-ring (bicyclic) bond motifs is 1. The number of urea groups is 1. The lowest BCUT2D eigenvalue weighted by Gasteiger charge is -2.40. The van der Waals surface area contributed by atoms with Gasteiger partial charge in [-0.15, -0.1) is 5.06 Å². The second-order valence-corrected chi connectivity index (χ2v) is 5.68. The van der Waals surface area contributed by atoms with Crippen molar-refractivity contribution in [1.82, 2.24) is 10.4 Å². The van der Waals surface area contributed by atoms with Gasteiger partial charge in [-0.1, -0.05) is 30.3 Å². The monoisotopic (exact) mass is 274 g/mol. The summed E-state index contributed by atoms with van der Waals surface area (Å²) in [6.45, 7) is 0. The molecule has 2 aliphatic rings. The summed E-state index contributed by atoms with van der Waals surface area (Å²) in [7, 11) is 0. The van der Waals surface area contributed by atoms with Gasteiger partial charge in [0.2, 0.25) is 0 Å². The van der Waals surface area contributed by atoms with Gasteiger partial charge in [0.05, 0.1) is 5.92 Å². The first-order valence-corrected chi connectivity index (χ1v) is 7.02. The van der Waals surface area contributed by atoms with E-state index >= 15 is 0 Å². The van der Waals surface area contributed by atoms with Crippen LogP contribution >= 0.6 is 0 Å². The third kappa shape index (κ3) is 2.41. The third-order valence-corrected chi connectivity index (χ3v) is 4.35. The first-order chi connectivity index (χ1) is 9.65. The molecule has 0 bridgehead atoms. The van der Waals surface area contributed by atoms with Gasteiger partial charge in [0, 0.05) is 6.04 Å². The molecule has 5 heteroatoms. The van der Waals surface area contributed by atoms with Gasteiger partial charge < -0.3 is 5.32 Å². The molecule has 1 aliphatic heterocycles. The molecule has 2 fully saturated rings. The van der Waals surface area contributed by atoms with Crippen LogP contribution in [-0.2, 0) is 11.2 Å². The highest BCUT2D eigenvalue weighted by atomic mass is 16.5. The van der Waals surface area contributed by atoms with Crippen molar-refractivity contribution in [2.24, 2.45) is 11.8 Å². The molecule has 3 rings (SSSR count). The van der Waals surface area contributed by atoms with Crippen molar-refractivity contribution in [2.45, 2.75) is 31.7 Å². The van der Waals surface area contributed by atoms with E-state index in [2.05, 4.69) is 17.4 Å². The number of carbonyl (C=O) groups excluding carboxylic acids is 2. The molecule has 1 aliphatic carbocycles. The molecule has 0 spiro atoms. The van der Waals surface area contributed by atoms with E-state index in [1.54, 1.807) is 0 Å². The number of benzene rings is 1. The van der Waals surface area contributed by atoms with E-state index in [9.17, 15) is 14.8 Å². The van der Waals surface area contributed by atoms with Crippen LogP contribution in [0.1, 0.15) is 24.8 Å². The fourth-order valence-corrected chi connectivity index (χ4v) is 3.32. The molecular formula is C15H18N2O3. The van der Waals surface area contributed by atoms with Gasteiger partial charge in [-0.05, 0) is 37.2 Å².